The lowest BCUT2D eigenvalue weighted by Crippen LogP contribution is -2.47. The second kappa shape index (κ2) is 10.0. The van der Waals surface area contributed by atoms with Gasteiger partial charge in [0.1, 0.15) is 11.8 Å². The van der Waals surface area contributed by atoms with Crippen molar-refractivity contribution in [1.82, 2.24) is 10.6 Å². The Morgan fingerprint density at radius 1 is 1.22 bits per heavy atom. The first-order valence-corrected chi connectivity index (χ1v) is 8.29. The van der Waals surface area contributed by atoms with E-state index in [0.29, 0.717) is 6.42 Å². The highest BCUT2D eigenvalue weighted by Crippen LogP contribution is 2.18. The number of nitrogens with one attached hydrogen (secondary N) is 2. The SMILES string of the molecule is C=C(C)C(=O)NCC(=O)NC(CC(C)C)C(=O)Oc1ccc([N+](=O)[O-])cc1. The molecular weight excluding hydrogens is 354 g/mol. The van der Waals surface area contributed by atoms with Crippen LogP contribution in [0.5, 0.6) is 5.75 Å². The zero-order valence-corrected chi connectivity index (χ0v) is 15.5. The Kier molecular flexibility index (Phi) is 8.12. The number of benzene rings is 1. The second-order valence-electron chi connectivity index (χ2n) is 6.38. The van der Waals surface area contributed by atoms with E-state index in [1.807, 2.05) is 13.8 Å². The third kappa shape index (κ3) is 7.68. The summed E-state index contributed by atoms with van der Waals surface area (Å²) in [4.78, 5) is 45.9. The topological polar surface area (TPSA) is 128 Å². The van der Waals surface area contributed by atoms with Crippen molar-refractivity contribution >= 4 is 23.5 Å². The molecule has 0 saturated heterocycles. The summed E-state index contributed by atoms with van der Waals surface area (Å²) in [5, 5.41) is 15.6. The molecule has 1 unspecified atom stereocenters. The smallest absolute Gasteiger partial charge is 0.334 e. The van der Waals surface area contributed by atoms with E-state index in [2.05, 4.69) is 17.2 Å². The number of non-ortho nitro benzene ring substituents is 1. The van der Waals surface area contributed by atoms with Gasteiger partial charge in [-0.1, -0.05) is 20.4 Å². The van der Waals surface area contributed by atoms with E-state index in [1.54, 1.807) is 0 Å². The van der Waals surface area contributed by atoms with Crippen LogP contribution in [0.3, 0.4) is 0 Å². The molecule has 0 radical (unpaired) electrons. The predicted molar refractivity (Wildman–Crippen MR) is 97.9 cm³/mol. The highest BCUT2D eigenvalue weighted by Gasteiger charge is 2.24. The number of ether oxygens (including phenoxy) is 1. The van der Waals surface area contributed by atoms with Crippen LogP contribution in [0.15, 0.2) is 36.4 Å². The molecule has 0 bridgehead atoms. The Labute approximate surface area is 156 Å². The Hall–Kier alpha value is -3.23. The van der Waals surface area contributed by atoms with E-state index >= 15 is 0 Å². The number of amides is 2. The molecule has 9 nitrogen and oxygen atoms in total. The molecule has 1 aromatic rings. The van der Waals surface area contributed by atoms with Crippen LogP contribution in [0.4, 0.5) is 5.69 Å². The van der Waals surface area contributed by atoms with Gasteiger partial charge in [0.25, 0.3) is 5.69 Å². The number of nitro benzene ring substituents is 1. The minimum Gasteiger partial charge on any atom is -0.425 e. The van der Waals surface area contributed by atoms with Gasteiger partial charge in [0.05, 0.1) is 11.5 Å². The second-order valence-corrected chi connectivity index (χ2v) is 6.38. The van der Waals surface area contributed by atoms with E-state index in [9.17, 15) is 24.5 Å². The zero-order chi connectivity index (χ0) is 20.6. The molecule has 146 valence electrons. The molecule has 0 saturated carbocycles. The van der Waals surface area contributed by atoms with Crippen LogP contribution in [-0.2, 0) is 14.4 Å². The standard InChI is InChI=1S/C18H23N3O6/c1-11(2)9-15(20-16(22)10-19-17(23)12(3)4)18(24)27-14-7-5-13(6-8-14)21(25)26/h5-8,11,15H,3,9-10H2,1-2,4H3,(H,19,23)(H,20,22). The van der Waals surface area contributed by atoms with Crippen molar-refractivity contribution in [1.29, 1.82) is 0 Å². The molecule has 2 amide bonds. The fourth-order valence-electron chi connectivity index (χ4n) is 2.07. The van der Waals surface area contributed by atoms with Crippen LogP contribution < -0.4 is 15.4 Å². The minimum absolute atomic E-state index is 0.0877. The van der Waals surface area contributed by atoms with Crippen molar-refractivity contribution in [3.8, 4) is 5.75 Å². The van der Waals surface area contributed by atoms with Gasteiger partial charge in [-0.15, -0.1) is 0 Å². The number of carbonyl (C=O) groups is 3. The molecule has 1 aromatic carbocycles. The largest absolute Gasteiger partial charge is 0.425 e. The predicted octanol–water partition coefficient (Wildman–Crippen LogP) is 1.72. The molecule has 1 rings (SSSR count). The fraction of sp³-hybridized carbons (Fsp3) is 0.389. The monoisotopic (exact) mass is 377 g/mol. The summed E-state index contributed by atoms with van der Waals surface area (Å²) in [6, 6.07) is 4.11. The van der Waals surface area contributed by atoms with Gasteiger partial charge in [-0.2, -0.15) is 0 Å². The van der Waals surface area contributed by atoms with Gasteiger partial charge in [0.15, 0.2) is 0 Å². The maximum absolute atomic E-state index is 12.4. The summed E-state index contributed by atoms with van der Waals surface area (Å²) in [7, 11) is 0. The number of nitrogens with zero attached hydrogens (tertiary/aromatic N) is 1. The Morgan fingerprint density at radius 2 is 1.81 bits per heavy atom. The molecule has 9 heteroatoms. The molecule has 0 aromatic heterocycles. The van der Waals surface area contributed by atoms with Crippen molar-refractivity contribution in [2.75, 3.05) is 6.54 Å². The average Bonchev–Trinajstić information content (AvgIpc) is 2.58. The van der Waals surface area contributed by atoms with Crippen molar-refractivity contribution in [2.24, 2.45) is 5.92 Å². The molecule has 0 aliphatic carbocycles. The van der Waals surface area contributed by atoms with E-state index in [1.165, 1.54) is 31.2 Å². The van der Waals surface area contributed by atoms with Gasteiger partial charge in [0.2, 0.25) is 11.8 Å². The summed E-state index contributed by atoms with van der Waals surface area (Å²) in [5.74, 6) is -1.49. The third-order valence-electron chi connectivity index (χ3n) is 3.39. The summed E-state index contributed by atoms with van der Waals surface area (Å²) in [6.07, 6.45) is 0.325. The Bertz CT molecular complexity index is 727. The van der Waals surface area contributed by atoms with E-state index in [4.69, 9.17) is 4.74 Å². The van der Waals surface area contributed by atoms with E-state index in [0.717, 1.165) is 0 Å². The zero-order valence-electron chi connectivity index (χ0n) is 15.5. The number of esters is 1. The van der Waals surface area contributed by atoms with E-state index < -0.39 is 28.7 Å². The molecule has 0 heterocycles. The number of hydrogen-bond donors (Lipinski definition) is 2. The summed E-state index contributed by atoms with van der Waals surface area (Å²) < 4.78 is 5.20. The van der Waals surface area contributed by atoms with Crippen LogP contribution in [-0.4, -0.2) is 35.3 Å². The molecule has 0 aliphatic rings. The normalized spacial score (nSPS) is 11.4. The number of nitro groups is 1. The van der Waals surface area contributed by atoms with Crippen molar-refractivity contribution < 1.29 is 24.0 Å². The first-order chi connectivity index (χ1) is 12.6. The third-order valence-corrected chi connectivity index (χ3v) is 3.39. The van der Waals surface area contributed by atoms with Gasteiger partial charge >= 0.3 is 5.97 Å². The molecule has 0 fully saturated rings. The lowest BCUT2D eigenvalue weighted by atomic mass is 10.0. The first kappa shape index (κ1) is 21.8. The molecule has 0 aliphatic heterocycles. The number of rotatable bonds is 9. The molecule has 2 N–H and O–H groups in total. The number of carbonyl (C=O) groups excluding carboxylic acids is 3. The maximum Gasteiger partial charge on any atom is 0.334 e. The van der Waals surface area contributed by atoms with Crippen LogP contribution in [0.2, 0.25) is 0 Å². The minimum atomic E-state index is -0.922. The molecular formula is C18H23N3O6. The van der Waals surface area contributed by atoms with Gasteiger partial charge in [0, 0.05) is 17.7 Å². The van der Waals surface area contributed by atoms with E-state index in [-0.39, 0.29) is 29.5 Å². The fourth-order valence-corrected chi connectivity index (χ4v) is 2.07. The van der Waals surface area contributed by atoms with Crippen molar-refractivity contribution in [3.05, 3.63) is 46.5 Å². The highest BCUT2D eigenvalue weighted by molar-refractivity contribution is 5.95. The Morgan fingerprint density at radius 3 is 2.30 bits per heavy atom. The van der Waals surface area contributed by atoms with Gasteiger partial charge in [-0.3, -0.25) is 19.7 Å². The average molecular weight is 377 g/mol. The van der Waals surface area contributed by atoms with Gasteiger partial charge in [-0.25, -0.2) is 4.79 Å². The quantitative estimate of drug-likeness (QED) is 0.222. The molecule has 0 spiro atoms. The molecule has 27 heavy (non-hydrogen) atoms. The van der Waals surface area contributed by atoms with Gasteiger partial charge < -0.3 is 15.4 Å². The lowest BCUT2D eigenvalue weighted by Gasteiger charge is -2.19. The maximum atomic E-state index is 12.4. The molecule has 1 atom stereocenters. The first-order valence-electron chi connectivity index (χ1n) is 8.29. The van der Waals surface area contributed by atoms with Gasteiger partial charge in [-0.05, 0) is 31.4 Å². The summed E-state index contributed by atoms with van der Waals surface area (Å²) in [5.41, 5.74) is 0.134. The lowest BCUT2D eigenvalue weighted by molar-refractivity contribution is -0.384. The van der Waals surface area contributed by atoms with Crippen LogP contribution in [0.1, 0.15) is 27.2 Å². The van der Waals surface area contributed by atoms with Crippen LogP contribution in [0.25, 0.3) is 0 Å². The van der Waals surface area contributed by atoms with Crippen LogP contribution >= 0.6 is 0 Å². The summed E-state index contributed by atoms with van der Waals surface area (Å²) in [6.45, 7) is 8.43. The van der Waals surface area contributed by atoms with Crippen molar-refractivity contribution in [3.63, 3.8) is 0 Å². The Balaban J connectivity index is 2.72. The van der Waals surface area contributed by atoms with Crippen LogP contribution in [0, 0.1) is 16.0 Å². The van der Waals surface area contributed by atoms with Crippen molar-refractivity contribution in [2.45, 2.75) is 33.2 Å². The highest BCUT2D eigenvalue weighted by atomic mass is 16.6. The summed E-state index contributed by atoms with van der Waals surface area (Å²) >= 11 is 0. The number of hydrogen-bond acceptors (Lipinski definition) is 6.